The van der Waals surface area contributed by atoms with Crippen molar-refractivity contribution in [1.29, 1.82) is 0 Å². The minimum atomic E-state index is -1.14. The zero-order chi connectivity index (χ0) is 15.1. The maximum Gasteiger partial charge on any atom is 0.406 e. The number of ether oxygens (including phenoxy) is 2. The molecule has 0 unspecified atom stereocenters. The molecule has 20 heavy (non-hydrogen) atoms. The van der Waals surface area contributed by atoms with Crippen LogP contribution < -0.4 is 10.1 Å². The molecule has 9 heteroatoms. The molecule has 0 aliphatic rings. The van der Waals surface area contributed by atoms with Gasteiger partial charge in [-0.1, -0.05) is 0 Å². The molecule has 0 saturated heterocycles. The standard InChI is InChI=1S/C11H15N3O6/c1-7(12-11(15)16)5-20-6-8-3-4-9(19-2)10(13-8)14(17)18/h3-4,7,12H,5-6H2,1-2H3,(H,15,16)/t7-/m1/s1. The Labute approximate surface area is 114 Å². The van der Waals surface area contributed by atoms with Crippen LogP contribution in [0.2, 0.25) is 0 Å². The zero-order valence-corrected chi connectivity index (χ0v) is 11.0. The van der Waals surface area contributed by atoms with E-state index in [0.29, 0.717) is 5.69 Å². The van der Waals surface area contributed by atoms with Gasteiger partial charge in [0, 0.05) is 0 Å². The van der Waals surface area contributed by atoms with E-state index < -0.39 is 11.0 Å². The van der Waals surface area contributed by atoms with Crippen molar-refractivity contribution in [1.82, 2.24) is 10.3 Å². The minimum Gasteiger partial charge on any atom is -0.489 e. The first-order valence-corrected chi connectivity index (χ1v) is 5.69. The average Bonchev–Trinajstić information content (AvgIpc) is 2.37. The van der Waals surface area contributed by atoms with E-state index in [1.807, 2.05) is 0 Å². The van der Waals surface area contributed by atoms with Gasteiger partial charge >= 0.3 is 11.9 Å². The maximum absolute atomic E-state index is 10.8. The van der Waals surface area contributed by atoms with Crippen LogP contribution in [0.4, 0.5) is 10.6 Å². The molecule has 0 bridgehead atoms. The molecule has 9 nitrogen and oxygen atoms in total. The molecule has 0 saturated carbocycles. The Morgan fingerprint density at radius 1 is 1.60 bits per heavy atom. The summed E-state index contributed by atoms with van der Waals surface area (Å²) in [5.41, 5.74) is 0.361. The van der Waals surface area contributed by atoms with Crippen LogP contribution in [0.5, 0.6) is 5.75 Å². The lowest BCUT2D eigenvalue weighted by Gasteiger charge is -2.10. The number of amides is 1. The highest BCUT2D eigenvalue weighted by molar-refractivity contribution is 5.64. The highest BCUT2D eigenvalue weighted by Crippen LogP contribution is 2.24. The first-order valence-electron chi connectivity index (χ1n) is 5.69. The van der Waals surface area contributed by atoms with Gasteiger partial charge in [0.1, 0.15) is 6.61 Å². The monoisotopic (exact) mass is 285 g/mol. The summed E-state index contributed by atoms with van der Waals surface area (Å²) in [6.07, 6.45) is -1.14. The molecule has 0 radical (unpaired) electrons. The quantitative estimate of drug-likeness (QED) is 0.569. The Morgan fingerprint density at radius 3 is 2.85 bits per heavy atom. The second-order valence-electron chi connectivity index (χ2n) is 3.95. The molecule has 2 N–H and O–H groups in total. The highest BCUT2D eigenvalue weighted by Gasteiger charge is 2.18. The van der Waals surface area contributed by atoms with Crippen molar-refractivity contribution >= 4 is 11.9 Å². The molecule has 1 rings (SSSR count). The number of nitro groups is 1. The van der Waals surface area contributed by atoms with Crippen molar-refractivity contribution < 1.29 is 24.3 Å². The van der Waals surface area contributed by atoms with Crippen LogP contribution in [-0.2, 0) is 11.3 Å². The lowest BCUT2D eigenvalue weighted by Crippen LogP contribution is -2.34. The second kappa shape index (κ2) is 7.24. The van der Waals surface area contributed by atoms with Crippen LogP contribution >= 0.6 is 0 Å². The molecular weight excluding hydrogens is 270 g/mol. The van der Waals surface area contributed by atoms with E-state index >= 15 is 0 Å². The SMILES string of the molecule is COc1ccc(COC[C@@H](C)NC(=O)O)nc1[N+](=O)[O-]. The number of pyridine rings is 1. The van der Waals surface area contributed by atoms with Crippen molar-refractivity contribution in [3.63, 3.8) is 0 Å². The van der Waals surface area contributed by atoms with Gasteiger partial charge in [-0.05, 0) is 29.0 Å². The Bertz CT molecular complexity index is 493. The predicted octanol–water partition coefficient (Wildman–Crippen LogP) is 1.17. The molecule has 1 aromatic heterocycles. The molecule has 1 atom stereocenters. The summed E-state index contributed by atoms with van der Waals surface area (Å²) in [7, 11) is 1.32. The molecule has 1 amide bonds. The predicted molar refractivity (Wildman–Crippen MR) is 67.7 cm³/mol. The molecule has 1 heterocycles. The Morgan fingerprint density at radius 2 is 2.30 bits per heavy atom. The van der Waals surface area contributed by atoms with Gasteiger partial charge in [0.15, 0.2) is 5.69 Å². The van der Waals surface area contributed by atoms with Crippen LogP contribution in [0.3, 0.4) is 0 Å². The molecule has 1 aromatic rings. The van der Waals surface area contributed by atoms with Gasteiger partial charge in [-0.15, -0.1) is 0 Å². The van der Waals surface area contributed by atoms with Gasteiger partial charge in [-0.2, -0.15) is 0 Å². The molecule has 0 aliphatic heterocycles. The number of nitrogens with one attached hydrogen (secondary N) is 1. The fourth-order valence-corrected chi connectivity index (χ4v) is 1.44. The molecule has 110 valence electrons. The minimum absolute atomic E-state index is 0.0382. The number of methoxy groups -OCH3 is 1. The summed E-state index contributed by atoms with van der Waals surface area (Å²) >= 11 is 0. The van der Waals surface area contributed by atoms with Crippen molar-refractivity contribution in [2.24, 2.45) is 0 Å². The van der Waals surface area contributed by atoms with Crippen LogP contribution in [0.15, 0.2) is 12.1 Å². The van der Waals surface area contributed by atoms with Gasteiger partial charge in [0.05, 0.1) is 19.8 Å². The van der Waals surface area contributed by atoms with Gasteiger partial charge in [0.2, 0.25) is 5.75 Å². The smallest absolute Gasteiger partial charge is 0.406 e. The number of hydrogen-bond donors (Lipinski definition) is 2. The topological polar surface area (TPSA) is 124 Å². The molecule has 0 aliphatic carbocycles. The van der Waals surface area contributed by atoms with Gasteiger partial charge in [0.25, 0.3) is 0 Å². The van der Waals surface area contributed by atoms with Crippen molar-refractivity contribution in [2.45, 2.75) is 19.6 Å². The maximum atomic E-state index is 10.8. The number of rotatable bonds is 7. The van der Waals surface area contributed by atoms with E-state index in [4.69, 9.17) is 14.6 Å². The number of carbonyl (C=O) groups is 1. The summed E-state index contributed by atoms with van der Waals surface area (Å²) in [6.45, 7) is 1.81. The summed E-state index contributed by atoms with van der Waals surface area (Å²) < 4.78 is 10.1. The Kier molecular flexibility index (Phi) is 5.66. The van der Waals surface area contributed by atoms with E-state index in [9.17, 15) is 14.9 Å². The first-order chi connectivity index (χ1) is 9.43. The van der Waals surface area contributed by atoms with Crippen molar-refractivity contribution in [2.75, 3.05) is 13.7 Å². The van der Waals surface area contributed by atoms with E-state index in [-0.39, 0.29) is 30.8 Å². The second-order valence-corrected chi connectivity index (χ2v) is 3.95. The normalized spacial score (nSPS) is 11.7. The van der Waals surface area contributed by atoms with Crippen LogP contribution in [0.1, 0.15) is 12.6 Å². The molecule has 0 fully saturated rings. The molecular formula is C11H15N3O6. The summed E-state index contributed by atoms with van der Waals surface area (Å²) in [5.74, 6) is -0.315. The zero-order valence-electron chi connectivity index (χ0n) is 11.0. The summed E-state index contributed by atoms with van der Waals surface area (Å²) in [5, 5.41) is 21.5. The van der Waals surface area contributed by atoms with Gasteiger partial charge in [-0.25, -0.2) is 4.79 Å². The number of aromatic nitrogens is 1. The van der Waals surface area contributed by atoms with Crippen LogP contribution in [0, 0.1) is 10.1 Å². The largest absolute Gasteiger partial charge is 0.489 e. The van der Waals surface area contributed by atoms with E-state index in [0.717, 1.165) is 0 Å². The van der Waals surface area contributed by atoms with E-state index in [2.05, 4.69) is 10.3 Å². The fourth-order valence-electron chi connectivity index (χ4n) is 1.44. The lowest BCUT2D eigenvalue weighted by molar-refractivity contribution is -0.390. The van der Waals surface area contributed by atoms with Gasteiger partial charge in [-0.3, -0.25) is 0 Å². The summed E-state index contributed by atoms with van der Waals surface area (Å²) in [4.78, 5) is 24.3. The summed E-state index contributed by atoms with van der Waals surface area (Å²) in [6, 6.07) is 2.59. The number of carboxylic acid groups (broad SMARTS) is 1. The van der Waals surface area contributed by atoms with Crippen LogP contribution in [-0.4, -0.2) is 40.9 Å². The molecule has 0 spiro atoms. The van der Waals surface area contributed by atoms with E-state index in [1.54, 1.807) is 13.0 Å². The molecule has 0 aromatic carbocycles. The fraction of sp³-hybridized carbons (Fsp3) is 0.455. The van der Waals surface area contributed by atoms with E-state index in [1.165, 1.54) is 13.2 Å². The van der Waals surface area contributed by atoms with Crippen LogP contribution in [0.25, 0.3) is 0 Å². The third kappa shape index (κ3) is 4.69. The number of nitrogens with zero attached hydrogens (tertiary/aromatic N) is 2. The van der Waals surface area contributed by atoms with Gasteiger partial charge < -0.3 is 30.0 Å². The lowest BCUT2D eigenvalue weighted by atomic mass is 10.3. The number of hydrogen-bond acceptors (Lipinski definition) is 6. The Hall–Kier alpha value is -2.42. The van der Waals surface area contributed by atoms with Crippen molar-refractivity contribution in [3.05, 3.63) is 27.9 Å². The van der Waals surface area contributed by atoms with Crippen molar-refractivity contribution in [3.8, 4) is 5.75 Å². The Balaban J connectivity index is 2.58. The third-order valence-corrected chi connectivity index (χ3v) is 2.28. The third-order valence-electron chi connectivity index (χ3n) is 2.28. The first kappa shape index (κ1) is 15.6. The average molecular weight is 285 g/mol. The highest BCUT2D eigenvalue weighted by atomic mass is 16.6.